The van der Waals surface area contributed by atoms with Crippen molar-refractivity contribution in [3.63, 3.8) is 0 Å². The molecule has 1 aromatic heterocycles. The van der Waals surface area contributed by atoms with Crippen LogP contribution >= 0.6 is 11.3 Å². The first-order valence-corrected chi connectivity index (χ1v) is 9.01. The smallest absolute Gasteiger partial charge is 0.252 e. The van der Waals surface area contributed by atoms with Gasteiger partial charge in [0.05, 0.1) is 0 Å². The summed E-state index contributed by atoms with van der Waals surface area (Å²) in [6, 6.07) is 11.2. The molecular weight excluding hydrogens is 322 g/mol. The van der Waals surface area contributed by atoms with Crippen LogP contribution < -0.4 is 11.1 Å². The van der Waals surface area contributed by atoms with Gasteiger partial charge >= 0.3 is 0 Å². The summed E-state index contributed by atoms with van der Waals surface area (Å²) < 4.78 is 0. The number of piperidine rings is 1. The molecule has 1 aliphatic heterocycles. The monoisotopic (exact) mass is 343 g/mol. The number of amides is 2. The molecule has 5 nitrogen and oxygen atoms in total. The van der Waals surface area contributed by atoms with Crippen molar-refractivity contribution in [2.24, 2.45) is 5.73 Å². The van der Waals surface area contributed by atoms with E-state index in [9.17, 15) is 9.59 Å². The Kier molecular flexibility index (Phi) is 5.27. The van der Waals surface area contributed by atoms with Gasteiger partial charge in [-0.15, -0.1) is 0 Å². The van der Waals surface area contributed by atoms with Crippen molar-refractivity contribution < 1.29 is 9.59 Å². The lowest BCUT2D eigenvalue weighted by atomic mass is 9.98. The Morgan fingerprint density at radius 3 is 2.46 bits per heavy atom. The molecule has 24 heavy (non-hydrogen) atoms. The molecule has 0 bridgehead atoms. The van der Waals surface area contributed by atoms with Crippen LogP contribution in [0.25, 0.3) is 0 Å². The van der Waals surface area contributed by atoms with Gasteiger partial charge in [0.1, 0.15) is 6.04 Å². The zero-order valence-electron chi connectivity index (χ0n) is 13.4. The van der Waals surface area contributed by atoms with E-state index in [-0.39, 0.29) is 17.9 Å². The Morgan fingerprint density at radius 2 is 1.88 bits per heavy atom. The number of hydrogen-bond acceptors (Lipinski definition) is 4. The average molecular weight is 343 g/mol. The number of hydrogen-bond donors (Lipinski definition) is 2. The van der Waals surface area contributed by atoms with Crippen LogP contribution in [0.2, 0.25) is 0 Å². The van der Waals surface area contributed by atoms with E-state index in [1.54, 1.807) is 0 Å². The first kappa shape index (κ1) is 16.7. The van der Waals surface area contributed by atoms with E-state index in [2.05, 4.69) is 10.2 Å². The Bertz CT molecular complexity index is 680. The standard InChI is InChI=1S/C18H21N3O2S/c19-17(22)16(13-4-2-1-3-5-13)21-9-6-15(7-10-21)20-18(23)14-8-11-24-12-14/h1-5,8,11-12,15-16H,6-7,9-10H2,(H2,19,22)(H,20,23)/t16-/m0/s1. The van der Waals surface area contributed by atoms with Crippen molar-refractivity contribution in [3.05, 3.63) is 58.3 Å². The number of thiophene rings is 1. The van der Waals surface area contributed by atoms with Gasteiger partial charge in [-0.25, -0.2) is 0 Å². The Balaban J connectivity index is 1.59. The predicted molar refractivity (Wildman–Crippen MR) is 94.8 cm³/mol. The van der Waals surface area contributed by atoms with Gasteiger partial charge in [-0.2, -0.15) is 11.3 Å². The first-order chi connectivity index (χ1) is 11.6. The minimum Gasteiger partial charge on any atom is -0.368 e. The summed E-state index contributed by atoms with van der Waals surface area (Å²) in [5, 5.41) is 6.82. The van der Waals surface area contributed by atoms with E-state index >= 15 is 0 Å². The molecule has 3 rings (SSSR count). The number of rotatable bonds is 5. The van der Waals surface area contributed by atoms with E-state index in [1.165, 1.54) is 11.3 Å². The molecule has 1 aliphatic rings. The van der Waals surface area contributed by atoms with Gasteiger partial charge in [-0.05, 0) is 29.9 Å². The minimum absolute atomic E-state index is 0.0239. The van der Waals surface area contributed by atoms with Crippen LogP contribution in [0.1, 0.15) is 34.8 Å². The molecule has 126 valence electrons. The van der Waals surface area contributed by atoms with Crippen molar-refractivity contribution in [1.82, 2.24) is 10.2 Å². The van der Waals surface area contributed by atoms with Crippen LogP contribution in [0.15, 0.2) is 47.2 Å². The topological polar surface area (TPSA) is 75.4 Å². The maximum atomic E-state index is 12.1. The molecule has 2 amide bonds. The summed E-state index contributed by atoms with van der Waals surface area (Å²) >= 11 is 1.51. The van der Waals surface area contributed by atoms with Crippen LogP contribution in [0, 0.1) is 0 Å². The van der Waals surface area contributed by atoms with E-state index in [1.807, 2.05) is 47.2 Å². The van der Waals surface area contributed by atoms with E-state index in [4.69, 9.17) is 5.73 Å². The van der Waals surface area contributed by atoms with Crippen LogP contribution in [0.4, 0.5) is 0 Å². The van der Waals surface area contributed by atoms with Gasteiger partial charge in [0.2, 0.25) is 5.91 Å². The molecule has 6 heteroatoms. The van der Waals surface area contributed by atoms with Crippen molar-refractivity contribution in [2.45, 2.75) is 24.9 Å². The number of benzene rings is 1. The lowest BCUT2D eigenvalue weighted by Crippen LogP contribution is -2.48. The zero-order chi connectivity index (χ0) is 16.9. The lowest BCUT2D eigenvalue weighted by Gasteiger charge is -2.36. The zero-order valence-corrected chi connectivity index (χ0v) is 14.2. The molecular formula is C18H21N3O2S. The molecule has 1 fully saturated rings. The first-order valence-electron chi connectivity index (χ1n) is 8.06. The van der Waals surface area contributed by atoms with Gasteiger partial charge < -0.3 is 11.1 Å². The highest BCUT2D eigenvalue weighted by Crippen LogP contribution is 2.24. The number of nitrogens with zero attached hydrogens (tertiary/aromatic N) is 1. The summed E-state index contributed by atoms with van der Waals surface area (Å²) in [6.07, 6.45) is 1.62. The number of primary amides is 1. The van der Waals surface area contributed by atoms with Crippen molar-refractivity contribution in [1.29, 1.82) is 0 Å². The maximum absolute atomic E-state index is 12.1. The molecule has 0 radical (unpaired) electrons. The summed E-state index contributed by atoms with van der Waals surface area (Å²) in [4.78, 5) is 26.2. The van der Waals surface area contributed by atoms with Crippen LogP contribution in [-0.4, -0.2) is 35.8 Å². The highest BCUT2D eigenvalue weighted by Gasteiger charge is 2.30. The second kappa shape index (κ2) is 7.59. The Morgan fingerprint density at radius 1 is 1.17 bits per heavy atom. The van der Waals surface area contributed by atoms with Gasteiger partial charge in [-0.1, -0.05) is 30.3 Å². The third-order valence-electron chi connectivity index (χ3n) is 4.40. The molecule has 0 spiro atoms. The molecule has 0 unspecified atom stereocenters. The number of likely N-dealkylation sites (tertiary alicyclic amines) is 1. The molecule has 1 atom stereocenters. The molecule has 1 aromatic carbocycles. The van der Waals surface area contributed by atoms with Crippen LogP contribution in [0.5, 0.6) is 0 Å². The Hall–Kier alpha value is -2.18. The van der Waals surface area contributed by atoms with Crippen molar-refractivity contribution in [3.8, 4) is 0 Å². The number of carbonyl (C=O) groups is 2. The third-order valence-corrected chi connectivity index (χ3v) is 5.08. The fourth-order valence-electron chi connectivity index (χ4n) is 3.15. The Labute approximate surface area is 145 Å². The molecule has 2 heterocycles. The van der Waals surface area contributed by atoms with Crippen LogP contribution in [-0.2, 0) is 4.79 Å². The van der Waals surface area contributed by atoms with E-state index in [0.29, 0.717) is 5.56 Å². The van der Waals surface area contributed by atoms with Crippen molar-refractivity contribution in [2.75, 3.05) is 13.1 Å². The predicted octanol–water partition coefficient (Wildman–Crippen LogP) is 2.17. The normalized spacial score (nSPS) is 17.3. The second-order valence-electron chi connectivity index (χ2n) is 6.01. The molecule has 3 N–H and O–H groups in total. The highest BCUT2D eigenvalue weighted by atomic mass is 32.1. The highest BCUT2D eigenvalue weighted by molar-refractivity contribution is 7.08. The molecule has 0 aliphatic carbocycles. The quantitative estimate of drug-likeness (QED) is 0.874. The minimum atomic E-state index is -0.403. The van der Waals surface area contributed by atoms with Crippen LogP contribution in [0.3, 0.4) is 0 Å². The number of carbonyl (C=O) groups excluding carboxylic acids is 2. The summed E-state index contributed by atoms with van der Waals surface area (Å²) in [6.45, 7) is 1.47. The van der Waals surface area contributed by atoms with Gasteiger partial charge in [0.15, 0.2) is 0 Å². The average Bonchev–Trinajstić information content (AvgIpc) is 3.12. The van der Waals surface area contributed by atoms with Crippen molar-refractivity contribution >= 4 is 23.2 Å². The molecule has 2 aromatic rings. The molecule has 1 saturated heterocycles. The van der Waals surface area contributed by atoms with E-state index in [0.717, 1.165) is 31.5 Å². The second-order valence-corrected chi connectivity index (χ2v) is 6.79. The molecule has 0 saturated carbocycles. The fraction of sp³-hybridized carbons (Fsp3) is 0.333. The van der Waals surface area contributed by atoms with Gasteiger partial charge in [-0.3, -0.25) is 14.5 Å². The lowest BCUT2D eigenvalue weighted by molar-refractivity contribution is -0.124. The SMILES string of the molecule is NC(=O)[C@H](c1ccccc1)N1CCC(NC(=O)c2ccsc2)CC1. The van der Waals surface area contributed by atoms with Gasteiger partial charge in [0.25, 0.3) is 5.91 Å². The third kappa shape index (κ3) is 3.83. The largest absolute Gasteiger partial charge is 0.368 e. The van der Waals surface area contributed by atoms with E-state index < -0.39 is 6.04 Å². The summed E-state index contributed by atoms with van der Waals surface area (Å²) in [5.74, 6) is -0.355. The summed E-state index contributed by atoms with van der Waals surface area (Å²) in [7, 11) is 0. The summed E-state index contributed by atoms with van der Waals surface area (Å²) in [5.41, 5.74) is 7.26. The number of nitrogens with two attached hydrogens (primary N) is 1. The maximum Gasteiger partial charge on any atom is 0.252 e. The number of nitrogens with one attached hydrogen (secondary N) is 1. The van der Waals surface area contributed by atoms with Gasteiger partial charge in [0, 0.05) is 30.1 Å². The fourth-order valence-corrected chi connectivity index (χ4v) is 3.79.